The zero-order valence-electron chi connectivity index (χ0n) is 17.6. The summed E-state index contributed by atoms with van der Waals surface area (Å²) in [4.78, 5) is 10.7. The highest BCUT2D eigenvalue weighted by Crippen LogP contribution is 2.38. The molecule has 0 amide bonds. The molecule has 0 rings (SSSR count). The van der Waals surface area contributed by atoms with Gasteiger partial charge in [-0.2, -0.15) is 0 Å². The number of hydrogen-bond acceptors (Lipinski definition) is 3. The van der Waals surface area contributed by atoms with Crippen molar-refractivity contribution in [1.82, 2.24) is 0 Å². The molecule has 0 spiro atoms. The van der Waals surface area contributed by atoms with Gasteiger partial charge in [0.2, 0.25) is 0 Å². The van der Waals surface area contributed by atoms with Crippen molar-refractivity contribution in [2.75, 3.05) is 7.11 Å². The second-order valence-electron chi connectivity index (χ2n) is 8.38. The number of carbonyl (C=O) groups is 1. The molecule has 0 saturated heterocycles. The quantitative estimate of drug-likeness (QED) is 0.220. The molecule has 0 unspecified atom stereocenters. The van der Waals surface area contributed by atoms with Crippen LogP contribution in [0.15, 0.2) is 36.5 Å². The van der Waals surface area contributed by atoms with E-state index in [1.807, 2.05) is 38.2 Å². The van der Waals surface area contributed by atoms with E-state index in [1.54, 1.807) is 7.11 Å². The first kappa shape index (κ1) is 24.0. The molecule has 0 saturated carbocycles. The molecule has 0 aliphatic rings. The molecule has 0 N–H and O–H groups in total. The summed E-state index contributed by atoms with van der Waals surface area (Å²) in [7, 11) is -0.165. The topological polar surface area (TPSA) is 35.5 Å². The van der Waals surface area contributed by atoms with E-state index in [0.717, 1.165) is 11.9 Å². The standard InChI is InChI=1S/C21H38O3Si/c1-11-19(24-25(9,10)21(5,6)7)18(4)20(23-8)17(3)14-12-13-16(2)15-22/h11-16,18-20H,1H2,2-10H3/b13-12?,17-14+/t16-,18-,19+,20+/m0/s1. The molecule has 0 aromatic carbocycles. The van der Waals surface area contributed by atoms with Crippen molar-refractivity contribution in [1.29, 1.82) is 0 Å². The Balaban J connectivity index is 5.30. The fourth-order valence-electron chi connectivity index (χ4n) is 2.40. The normalized spacial score (nSPS) is 18.7. The lowest BCUT2D eigenvalue weighted by Gasteiger charge is -2.41. The van der Waals surface area contributed by atoms with Crippen molar-refractivity contribution in [2.45, 2.75) is 71.9 Å². The van der Waals surface area contributed by atoms with Gasteiger partial charge in [0.25, 0.3) is 0 Å². The van der Waals surface area contributed by atoms with Gasteiger partial charge in [0.05, 0.1) is 12.2 Å². The Morgan fingerprint density at radius 1 is 1.20 bits per heavy atom. The molecule has 4 atom stereocenters. The molecule has 0 heterocycles. The molecule has 3 nitrogen and oxygen atoms in total. The average molecular weight is 367 g/mol. The molecule has 0 aromatic rings. The summed E-state index contributed by atoms with van der Waals surface area (Å²) < 4.78 is 12.3. The summed E-state index contributed by atoms with van der Waals surface area (Å²) >= 11 is 0. The van der Waals surface area contributed by atoms with Crippen LogP contribution >= 0.6 is 0 Å². The van der Waals surface area contributed by atoms with E-state index in [-0.39, 0.29) is 29.1 Å². The Morgan fingerprint density at radius 2 is 1.76 bits per heavy atom. The van der Waals surface area contributed by atoms with Crippen LogP contribution in [0.2, 0.25) is 18.1 Å². The fraction of sp³-hybridized carbons (Fsp3) is 0.667. The number of carbonyl (C=O) groups excluding carboxylic acids is 1. The van der Waals surface area contributed by atoms with Gasteiger partial charge in [0.15, 0.2) is 8.32 Å². The Bertz CT molecular complexity index is 486. The monoisotopic (exact) mass is 366 g/mol. The number of aldehydes is 1. The minimum atomic E-state index is -1.89. The third kappa shape index (κ3) is 7.43. The maximum atomic E-state index is 10.7. The van der Waals surface area contributed by atoms with Crippen LogP contribution in [0.1, 0.15) is 41.5 Å². The van der Waals surface area contributed by atoms with Crippen LogP contribution in [0.3, 0.4) is 0 Å². The van der Waals surface area contributed by atoms with Crippen molar-refractivity contribution in [3.8, 4) is 0 Å². The molecular formula is C21H38O3Si. The fourth-order valence-corrected chi connectivity index (χ4v) is 3.74. The molecule has 144 valence electrons. The Kier molecular flexibility index (Phi) is 9.84. The zero-order valence-corrected chi connectivity index (χ0v) is 18.6. The molecule has 0 fully saturated rings. The molecule has 0 aromatic heterocycles. The molecule has 0 radical (unpaired) electrons. The average Bonchev–Trinajstić information content (AvgIpc) is 2.51. The van der Waals surface area contributed by atoms with Crippen molar-refractivity contribution in [3.05, 3.63) is 36.5 Å². The van der Waals surface area contributed by atoms with Crippen LogP contribution in [-0.4, -0.2) is 33.9 Å². The number of ether oxygens (including phenoxy) is 1. The first-order valence-electron chi connectivity index (χ1n) is 9.04. The molecule has 4 heteroatoms. The first-order chi connectivity index (χ1) is 11.4. The highest BCUT2D eigenvalue weighted by atomic mass is 28.4. The second kappa shape index (κ2) is 10.2. The van der Waals surface area contributed by atoms with Crippen LogP contribution in [-0.2, 0) is 14.0 Å². The minimum Gasteiger partial charge on any atom is -0.410 e. The van der Waals surface area contributed by atoms with Crippen LogP contribution in [0.25, 0.3) is 0 Å². The molecule has 0 bridgehead atoms. The van der Waals surface area contributed by atoms with Crippen LogP contribution in [0.4, 0.5) is 0 Å². The summed E-state index contributed by atoms with van der Waals surface area (Å²) in [5.41, 5.74) is 1.11. The Morgan fingerprint density at radius 3 is 2.16 bits per heavy atom. The SMILES string of the molecule is C=C[C@@H](O[Si](C)(C)C(C)(C)C)[C@H](C)[C@H](OC)/C(C)=C/C=C[C@H](C)C=O. The van der Waals surface area contributed by atoms with Gasteiger partial charge >= 0.3 is 0 Å². The number of hydrogen-bond donors (Lipinski definition) is 0. The molecular weight excluding hydrogens is 328 g/mol. The van der Waals surface area contributed by atoms with E-state index in [2.05, 4.69) is 47.4 Å². The van der Waals surface area contributed by atoms with Crippen LogP contribution in [0.5, 0.6) is 0 Å². The Labute approximate surface area is 156 Å². The predicted molar refractivity (Wildman–Crippen MR) is 110 cm³/mol. The lowest BCUT2D eigenvalue weighted by Crippen LogP contribution is -2.46. The van der Waals surface area contributed by atoms with Crippen LogP contribution < -0.4 is 0 Å². The summed E-state index contributed by atoms with van der Waals surface area (Å²) in [6.07, 6.45) is 8.51. The third-order valence-electron chi connectivity index (χ3n) is 5.16. The van der Waals surface area contributed by atoms with Gasteiger partial charge in [-0.05, 0) is 30.6 Å². The second-order valence-corrected chi connectivity index (χ2v) is 13.1. The lowest BCUT2D eigenvalue weighted by atomic mass is 9.92. The maximum Gasteiger partial charge on any atom is 0.192 e. The third-order valence-corrected chi connectivity index (χ3v) is 9.63. The van der Waals surface area contributed by atoms with Gasteiger partial charge in [-0.3, -0.25) is 0 Å². The summed E-state index contributed by atoms with van der Waals surface area (Å²) in [6.45, 7) is 21.3. The first-order valence-corrected chi connectivity index (χ1v) is 12.0. The highest BCUT2D eigenvalue weighted by Gasteiger charge is 2.40. The van der Waals surface area contributed by atoms with Crippen LogP contribution in [0, 0.1) is 11.8 Å². The Hall–Kier alpha value is -0.973. The smallest absolute Gasteiger partial charge is 0.192 e. The van der Waals surface area contributed by atoms with E-state index < -0.39 is 8.32 Å². The number of methoxy groups -OCH3 is 1. The molecule has 0 aliphatic carbocycles. The van der Waals surface area contributed by atoms with Crippen molar-refractivity contribution in [2.24, 2.45) is 11.8 Å². The molecule has 25 heavy (non-hydrogen) atoms. The predicted octanol–water partition coefficient (Wildman–Crippen LogP) is 5.55. The number of allylic oxidation sites excluding steroid dienone is 3. The minimum absolute atomic E-state index is 0.0629. The number of rotatable bonds is 10. The van der Waals surface area contributed by atoms with E-state index >= 15 is 0 Å². The van der Waals surface area contributed by atoms with Gasteiger partial charge in [0, 0.05) is 18.9 Å². The zero-order chi connectivity index (χ0) is 19.8. The van der Waals surface area contributed by atoms with Crippen molar-refractivity contribution >= 4 is 14.6 Å². The summed E-state index contributed by atoms with van der Waals surface area (Å²) in [5.74, 6) is 0.0649. The molecule has 0 aliphatic heterocycles. The van der Waals surface area contributed by atoms with Gasteiger partial charge in [-0.25, -0.2) is 0 Å². The van der Waals surface area contributed by atoms with Gasteiger partial charge in [-0.1, -0.05) is 58.9 Å². The van der Waals surface area contributed by atoms with E-state index in [9.17, 15) is 4.79 Å². The largest absolute Gasteiger partial charge is 0.410 e. The van der Waals surface area contributed by atoms with E-state index in [1.165, 1.54) is 0 Å². The van der Waals surface area contributed by atoms with Gasteiger partial charge in [0.1, 0.15) is 6.29 Å². The van der Waals surface area contributed by atoms with Crippen molar-refractivity contribution in [3.63, 3.8) is 0 Å². The summed E-state index contributed by atoms with van der Waals surface area (Å²) in [5, 5.41) is 0.148. The van der Waals surface area contributed by atoms with E-state index in [4.69, 9.17) is 9.16 Å². The highest BCUT2D eigenvalue weighted by molar-refractivity contribution is 6.74. The lowest BCUT2D eigenvalue weighted by molar-refractivity contribution is -0.109. The summed E-state index contributed by atoms with van der Waals surface area (Å²) in [6, 6.07) is 0. The van der Waals surface area contributed by atoms with Crippen molar-refractivity contribution < 1.29 is 14.0 Å². The maximum absolute atomic E-state index is 10.7. The van der Waals surface area contributed by atoms with E-state index in [0.29, 0.717) is 0 Å². The van der Waals surface area contributed by atoms with Gasteiger partial charge in [-0.15, -0.1) is 6.58 Å². The van der Waals surface area contributed by atoms with Gasteiger partial charge < -0.3 is 14.0 Å².